The van der Waals surface area contributed by atoms with Gasteiger partial charge in [-0.05, 0) is 62.4 Å². The van der Waals surface area contributed by atoms with Gasteiger partial charge in [0.1, 0.15) is 15.5 Å². The van der Waals surface area contributed by atoms with Crippen LogP contribution in [0.1, 0.15) is 54.5 Å². The molecule has 0 atom stereocenters. The lowest BCUT2D eigenvalue weighted by atomic mass is 9.98. The molecule has 0 aliphatic carbocycles. The van der Waals surface area contributed by atoms with E-state index in [4.69, 9.17) is 4.74 Å². The van der Waals surface area contributed by atoms with Gasteiger partial charge in [0, 0.05) is 18.5 Å². The van der Waals surface area contributed by atoms with Crippen LogP contribution in [-0.2, 0) is 17.7 Å². The summed E-state index contributed by atoms with van der Waals surface area (Å²) in [6, 6.07) is 3.79. The Morgan fingerprint density at radius 1 is 1.14 bits per heavy atom. The van der Waals surface area contributed by atoms with Crippen molar-refractivity contribution in [3.63, 3.8) is 0 Å². The maximum Gasteiger partial charge on any atom is 0.349 e. The van der Waals surface area contributed by atoms with Gasteiger partial charge in [-0.1, -0.05) is 6.07 Å². The zero-order valence-electron chi connectivity index (χ0n) is 16.9. The predicted octanol–water partition coefficient (Wildman–Crippen LogP) is 3.68. The Morgan fingerprint density at radius 2 is 1.86 bits per heavy atom. The summed E-state index contributed by atoms with van der Waals surface area (Å²) in [6.45, 7) is 7.87. The number of thiophene rings is 1. The Hall–Kier alpha value is -2.80. The smallest absolute Gasteiger partial charge is 0.349 e. The first kappa shape index (κ1) is 19.5. The molecule has 3 aromatic rings. The van der Waals surface area contributed by atoms with E-state index in [-0.39, 0.29) is 17.9 Å². The second kappa shape index (κ2) is 7.22. The van der Waals surface area contributed by atoms with Crippen molar-refractivity contribution < 1.29 is 14.3 Å². The third kappa shape index (κ3) is 3.29. The highest BCUT2D eigenvalue weighted by molar-refractivity contribution is 7.20. The molecule has 4 rings (SSSR count). The summed E-state index contributed by atoms with van der Waals surface area (Å²) in [5.41, 5.74) is 4.03. The molecule has 6 nitrogen and oxygen atoms in total. The number of hydrogen-bond donors (Lipinski definition) is 0. The standard InChI is InChI=1S/C22H22N2O4S/c1-11-8-13(3)15(9-12(11)2)16(25)10-28-22(27)19-14(4)18-20(29-19)23-17-6-5-7-24(17)21(18)26/h8-9H,5-7,10H2,1-4H3. The van der Waals surface area contributed by atoms with E-state index in [1.807, 2.05) is 32.9 Å². The van der Waals surface area contributed by atoms with Crippen LogP contribution >= 0.6 is 11.3 Å². The first-order valence-electron chi connectivity index (χ1n) is 9.59. The number of rotatable bonds is 4. The van der Waals surface area contributed by atoms with Crippen molar-refractivity contribution in [3.8, 4) is 0 Å². The first-order chi connectivity index (χ1) is 13.8. The van der Waals surface area contributed by atoms with E-state index in [2.05, 4.69) is 4.98 Å². The minimum absolute atomic E-state index is 0.0999. The average Bonchev–Trinajstić information content (AvgIpc) is 3.27. The van der Waals surface area contributed by atoms with Gasteiger partial charge >= 0.3 is 5.97 Å². The van der Waals surface area contributed by atoms with Gasteiger partial charge in [0.15, 0.2) is 6.61 Å². The van der Waals surface area contributed by atoms with Gasteiger partial charge in [-0.25, -0.2) is 9.78 Å². The van der Waals surface area contributed by atoms with Crippen molar-refractivity contribution in [1.82, 2.24) is 9.55 Å². The number of carbonyl (C=O) groups excluding carboxylic acids is 2. The van der Waals surface area contributed by atoms with Gasteiger partial charge in [-0.2, -0.15) is 0 Å². The minimum Gasteiger partial charge on any atom is -0.453 e. The molecule has 0 spiro atoms. The summed E-state index contributed by atoms with van der Waals surface area (Å²) in [6.07, 6.45) is 1.68. The number of hydrogen-bond acceptors (Lipinski definition) is 6. The van der Waals surface area contributed by atoms with Crippen LogP contribution in [0.4, 0.5) is 0 Å². The van der Waals surface area contributed by atoms with Crippen molar-refractivity contribution in [3.05, 3.63) is 61.0 Å². The molecule has 1 aliphatic rings. The molecule has 7 heteroatoms. The van der Waals surface area contributed by atoms with Gasteiger partial charge in [-0.15, -0.1) is 11.3 Å². The van der Waals surface area contributed by atoms with Crippen LogP contribution in [-0.4, -0.2) is 27.9 Å². The van der Waals surface area contributed by atoms with Crippen LogP contribution in [0.25, 0.3) is 10.2 Å². The fourth-order valence-electron chi connectivity index (χ4n) is 3.81. The lowest BCUT2D eigenvalue weighted by Crippen LogP contribution is -2.20. The Bertz CT molecular complexity index is 1240. The minimum atomic E-state index is -0.593. The predicted molar refractivity (Wildman–Crippen MR) is 112 cm³/mol. The molecule has 29 heavy (non-hydrogen) atoms. The average molecular weight is 410 g/mol. The lowest BCUT2D eigenvalue weighted by Gasteiger charge is -2.09. The van der Waals surface area contributed by atoms with Crippen molar-refractivity contribution in [2.24, 2.45) is 0 Å². The molecular weight excluding hydrogens is 388 g/mol. The molecule has 1 aromatic carbocycles. The van der Waals surface area contributed by atoms with E-state index in [1.165, 1.54) is 0 Å². The number of Topliss-reactive ketones (excluding diaryl/α,β-unsaturated/α-hetero) is 1. The second-order valence-electron chi connectivity index (χ2n) is 7.58. The number of nitrogens with zero attached hydrogens (tertiary/aromatic N) is 2. The molecule has 2 aromatic heterocycles. The van der Waals surface area contributed by atoms with Gasteiger partial charge in [-0.3, -0.25) is 14.2 Å². The number of esters is 1. The molecule has 0 saturated carbocycles. The van der Waals surface area contributed by atoms with Gasteiger partial charge in [0.2, 0.25) is 5.78 Å². The largest absolute Gasteiger partial charge is 0.453 e. The van der Waals surface area contributed by atoms with E-state index in [9.17, 15) is 14.4 Å². The molecule has 150 valence electrons. The summed E-state index contributed by atoms with van der Waals surface area (Å²) >= 11 is 1.16. The second-order valence-corrected chi connectivity index (χ2v) is 8.57. The number of benzene rings is 1. The van der Waals surface area contributed by atoms with E-state index in [1.54, 1.807) is 11.5 Å². The zero-order valence-corrected chi connectivity index (χ0v) is 17.7. The molecule has 0 unspecified atom stereocenters. The number of fused-ring (bicyclic) bond motifs is 2. The monoisotopic (exact) mass is 410 g/mol. The van der Waals surface area contributed by atoms with Crippen LogP contribution in [0.2, 0.25) is 0 Å². The third-order valence-corrected chi connectivity index (χ3v) is 6.74. The summed E-state index contributed by atoms with van der Waals surface area (Å²) in [7, 11) is 0. The maximum absolute atomic E-state index is 12.7. The van der Waals surface area contributed by atoms with Crippen LogP contribution in [0.15, 0.2) is 16.9 Å². The molecule has 3 heterocycles. The number of ketones is 1. The molecule has 0 saturated heterocycles. The normalized spacial score (nSPS) is 13.0. The lowest BCUT2D eigenvalue weighted by molar-refractivity contribution is 0.0479. The number of aromatic nitrogens is 2. The quantitative estimate of drug-likeness (QED) is 0.484. The number of aryl methyl sites for hydroxylation is 5. The van der Waals surface area contributed by atoms with Crippen LogP contribution in [0, 0.1) is 27.7 Å². The Labute approximate surface area is 172 Å². The fraction of sp³-hybridized carbons (Fsp3) is 0.364. The van der Waals surface area contributed by atoms with Crippen molar-refractivity contribution in [2.45, 2.75) is 47.1 Å². The number of carbonyl (C=O) groups is 2. The zero-order chi connectivity index (χ0) is 20.9. The molecule has 0 fully saturated rings. The third-order valence-electron chi connectivity index (χ3n) is 5.57. The highest BCUT2D eigenvalue weighted by Crippen LogP contribution is 2.29. The summed E-state index contributed by atoms with van der Waals surface area (Å²) in [5, 5.41) is 0.476. The van der Waals surface area contributed by atoms with Gasteiger partial charge in [0.25, 0.3) is 5.56 Å². The van der Waals surface area contributed by atoms with E-state index in [0.29, 0.717) is 32.8 Å². The molecular formula is C22H22N2O4S. The Morgan fingerprint density at radius 3 is 2.62 bits per heavy atom. The van der Waals surface area contributed by atoms with Crippen molar-refractivity contribution >= 4 is 33.3 Å². The van der Waals surface area contributed by atoms with Gasteiger partial charge in [0.05, 0.1) is 5.39 Å². The first-order valence-corrected chi connectivity index (χ1v) is 10.4. The SMILES string of the molecule is Cc1cc(C)c(C(=O)COC(=O)c2sc3nc4n(c(=O)c3c2C)CCC4)cc1C. The number of ether oxygens (including phenoxy) is 1. The summed E-state index contributed by atoms with van der Waals surface area (Å²) in [5.74, 6) is -0.0659. The Kier molecular flexibility index (Phi) is 4.86. The summed E-state index contributed by atoms with van der Waals surface area (Å²) in [4.78, 5) is 43.4. The van der Waals surface area contributed by atoms with E-state index < -0.39 is 5.97 Å². The molecule has 0 amide bonds. The molecule has 0 N–H and O–H groups in total. The highest BCUT2D eigenvalue weighted by Gasteiger charge is 2.24. The topological polar surface area (TPSA) is 78.3 Å². The summed E-state index contributed by atoms with van der Waals surface area (Å²) < 4.78 is 6.99. The molecule has 0 bridgehead atoms. The van der Waals surface area contributed by atoms with Crippen molar-refractivity contribution in [1.29, 1.82) is 0 Å². The van der Waals surface area contributed by atoms with Crippen LogP contribution in [0.3, 0.4) is 0 Å². The van der Waals surface area contributed by atoms with Gasteiger partial charge < -0.3 is 4.74 Å². The van der Waals surface area contributed by atoms with Crippen LogP contribution in [0.5, 0.6) is 0 Å². The fourth-order valence-corrected chi connectivity index (χ4v) is 4.89. The van der Waals surface area contributed by atoms with E-state index >= 15 is 0 Å². The Balaban J connectivity index is 1.58. The molecule has 0 radical (unpaired) electrons. The highest BCUT2D eigenvalue weighted by atomic mass is 32.1. The van der Waals surface area contributed by atoms with Crippen LogP contribution < -0.4 is 5.56 Å². The van der Waals surface area contributed by atoms with Crippen molar-refractivity contribution in [2.75, 3.05) is 6.61 Å². The maximum atomic E-state index is 12.7. The van der Waals surface area contributed by atoms with E-state index in [0.717, 1.165) is 46.7 Å². The molecule has 1 aliphatic heterocycles.